The first-order valence-electron chi connectivity index (χ1n) is 10.7. The Morgan fingerprint density at radius 1 is 0.970 bits per heavy atom. The summed E-state index contributed by atoms with van der Waals surface area (Å²) >= 11 is 0. The summed E-state index contributed by atoms with van der Waals surface area (Å²) in [7, 11) is -3.77. The first kappa shape index (κ1) is 23.1. The van der Waals surface area contributed by atoms with Gasteiger partial charge in [0, 0.05) is 39.0 Å². The van der Waals surface area contributed by atoms with E-state index >= 15 is 0 Å². The zero-order valence-electron chi connectivity index (χ0n) is 18.5. The number of sulfonamides is 1. The third kappa shape index (κ3) is 4.67. The minimum Gasteiger partial charge on any atom is -0.335 e. The van der Waals surface area contributed by atoms with Crippen molar-refractivity contribution >= 4 is 33.2 Å². The zero-order valence-corrected chi connectivity index (χ0v) is 19.3. The minimum atomic E-state index is -3.77. The number of hydrogen-bond acceptors (Lipinski definition) is 5. The van der Waals surface area contributed by atoms with E-state index in [1.54, 1.807) is 4.90 Å². The Bertz CT molecular complexity index is 1220. The molecule has 0 spiro atoms. The van der Waals surface area contributed by atoms with Crippen LogP contribution >= 0.6 is 0 Å². The predicted molar refractivity (Wildman–Crippen MR) is 122 cm³/mol. The van der Waals surface area contributed by atoms with Gasteiger partial charge in [0.25, 0.3) is 5.91 Å². The summed E-state index contributed by atoms with van der Waals surface area (Å²) < 4.78 is 40.0. The van der Waals surface area contributed by atoms with E-state index in [2.05, 4.69) is 5.10 Å². The maximum atomic E-state index is 13.1. The number of amides is 2. The van der Waals surface area contributed by atoms with Crippen LogP contribution in [0.1, 0.15) is 24.0 Å². The van der Waals surface area contributed by atoms with Crippen molar-refractivity contribution in [1.82, 2.24) is 9.21 Å². The van der Waals surface area contributed by atoms with E-state index in [0.717, 1.165) is 23.3 Å². The first-order chi connectivity index (χ1) is 15.7. The number of carbonyl (C=O) groups is 2. The van der Waals surface area contributed by atoms with Crippen LogP contribution < -0.4 is 5.01 Å². The van der Waals surface area contributed by atoms with Crippen molar-refractivity contribution in [3.63, 3.8) is 0 Å². The summed E-state index contributed by atoms with van der Waals surface area (Å²) in [6.07, 6.45) is 0.421. The van der Waals surface area contributed by atoms with Crippen LogP contribution in [0.2, 0.25) is 0 Å². The molecule has 0 bridgehead atoms. The van der Waals surface area contributed by atoms with Crippen molar-refractivity contribution in [1.29, 1.82) is 0 Å². The maximum Gasteiger partial charge on any atom is 0.270 e. The number of nitrogens with zero attached hydrogens (tertiary/aromatic N) is 4. The summed E-state index contributed by atoms with van der Waals surface area (Å²) in [4.78, 5) is 27.2. The standard InChI is InChI=1S/C23H25FN4O4S/c1-16-3-4-17(2)21(15-16)28-22(29)10-9-20(25-28)23(30)26-11-13-27(14-12-26)33(31,32)19-7-5-18(24)6-8-19/h3-8,15H,9-14H2,1-2H3. The Morgan fingerprint density at radius 3 is 2.30 bits per heavy atom. The second-order valence-corrected chi connectivity index (χ2v) is 10.1. The molecule has 1 saturated heterocycles. The van der Waals surface area contributed by atoms with Crippen LogP contribution in [0, 0.1) is 19.7 Å². The quantitative estimate of drug-likeness (QED) is 0.684. The molecule has 8 nitrogen and oxygen atoms in total. The Hall–Kier alpha value is -3.11. The van der Waals surface area contributed by atoms with Gasteiger partial charge >= 0.3 is 0 Å². The van der Waals surface area contributed by atoms with Crippen LogP contribution in [0.25, 0.3) is 0 Å². The molecular formula is C23H25FN4O4S. The number of aryl methyl sites for hydroxylation is 2. The summed E-state index contributed by atoms with van der Waals surface area (Å²) in [6.45, 7) is 4.46. The first-order valence-corrected chi connectivity index (χ1v) is 12.1. The molecule has 174 valence electrons. The fraction of sp³-hybridized carbons (Fsp3) is 0.348. The van der Waals surface area contributed by atoms with Crippen molar-refractivity contribution in [2.45, 2.75) is 31.6 Å². The van der Waals surface area contributed by atoms with E-state index in [9.17, 15) is 22.4 Å². The Kier molecular flexibility index (Phi) is 6.31. The summed E-state index contributed by atoms with van der Waals surface area (Å²) in [5.74, 6) is -0.974. The highest BCUT2D eigenvalue weighted by molar-refractivity contribution is 7.89. The molecule has 0 aliphatic carbocycles. The smallest absolute Gasteiger partial charge is 0.270 e. The number of halogens is 1. The molecule has 0 aromatic heterocycles. The lowest BCUT2D eigenvalue weighted by Gasteiger charge is -2.35. The lowest BCUT2D eigenvalue weighted by atomic mass is 10.1. The average Bonchev–Trinajstić information content (AvgIpc) is 2.81. The van der Waals surface area contributed by atoms with E-state index in [-0.39, 0.29) is 61.4 Å². The van der Waals surface area contributed by atoms with Gasteiger partial charge in [-0.1, -0.05) is 12.1 Å². The van der Waals surface area contributed by atoms with Crippen molar-refractivity contribution in [3.8, 4) is 0 Å². The predicted octanol–water partition coefficient (Wildman–Crippen LogP) is 2.46. The van der Waals surface area contributed by atoms with E-state index in [0.29, 0.717) is 5.69 Å². The van der Waals surface area contributed by atoms with Gasteiger partial charge in [0.2, 0.25) is 15.9 Å². The summed E-state index contributed by atoms with van der Waals surface area (Å²) in [5, 5.41) is 5.68. The molecule has 2 aromatic rings. The Morgan fingerprint density at radius 2 is 1.64 bits per heavy atom. The van der Waals surface area contributed by atoms with Crippen LogP contribution in [0.3, 0.4) is 0 Å². The van der Waals surface area contributed by atoms with Gasteiger partial charge in [-0.05, 0) is 55.3 Å². The van der Waals surface area contributed by atoms with Gasteiger partial charge in [0.1, 0.15) is 11.5 Å². The molecule has 2 heterocycles. The lowest BCUT2D eigenvalue weighted by molar-refractivity contribution is -0.125. The zero-order chi connectivity index (χ0) is 23.8. The fourth-order valence-corrected chi connectivity index (χ4v) is 5.34. The monoisotopic (exact) mass is 472 g/mol. The molecule has 0 N–H and O–H groups in total. The van der Waals surface area contributed by atoms with Gasteiger partial charge in [-0.2, -0.15) is 9.41 Å². The normalized spacial score (nSPS) is 17.8. The Labute approximate surface area is 192 Å². The van der Waals surface area contributed by atoms with E-state index in [1.165, 1.54) is 21.4 Å². The molecule has 2 aromatic carbocycles. The van der Waals surface area contributed by atoms with E-state index in [4.69, 9.17) is 0 Å². The second-order valence-electron chi connectivity index (χ2n) is 8.19. The number of anilines is 1. The highest BCUT2D eigenvalue weighted by Crippen LogP contribution is 2.26. The topological polar surface area (TPSA) is 90.4 Å². The highest BCUT2D eigenvalue weighted by atomic mass is 32.2. The van der Waals surface area contributed by atoms with Crippen LogP contribution in [0.4, 0.5) is 10.1 Å². The Balaban J connectivity index is 1.47. The number of hydrogen-bond donors (Lipinski definition) is 0. The lowest BCUT2D eigenvalue weighted by Crippen LogP contribution is -2.52. The van der Waals surface area contributed by atoms with E-state index in [1.807, 2.05) is 32.0 Å². The van der Waals surface area contributed by atoms with Gasteiger partial charge in [-0.25, -0.2) is 17.8 Å². The van der Waals surface area contributed by atoms with Crippen molar-refractivity contribution in [3.05, 3.63) is 59.4 Å². The van der Waals surface area contributed by atoms with Gasteiger partial charge < -0.3 is 4.90 Å². The van der Waals surface area contributed by atoms with Crippen LogP contribution in [0.5, 0.6) is 0 Å². The highest BCUT2D eigenvalue weighted by Gasteiger charge is 2.33. The molecule has 0 saturated carbocycles. The molecule has 33 heavy (non-hydrogen) atoms. The molecule has 1 fully saturated rings. The largest absolute Gasteiger partial charge is 0.335 e. The van der Waals surface area contributed by atoms with Gasteiger partial charge in [-0.3, -0.25) is 9.59 Å². The fourth-order valence-electron chi connectivity index (χ4n) is 3.91. The molecule has 2 aliphatic rings. The number of rotatable bonds is 4. The third-order valence-corrected chi connectivity index (χ3v) is 7.76. The number of hydrazone groups is 1. The molecule has 0 atom stereocenters. The third-order valence-electron chi connectivity index (χ3n) is 5.85. The maximum absolute atomic E-state index is 13.1. The van der Waals surface area contributed by atoms with Gasteiger partial charge in [0.15, 0.2) is 0 Å². The molecule has 0 radical (unpaired) electrons. The summed E-state index contributed by atoms with van der Waals surface area (Å²) in [6, 6.07) is 10.4. The molecule has 10 heteroatoms. The van der Waals surface area contributed by atoms with Crippen molar-refractivity contribution < 1.29 is 22.4 Å². The van der Waals surface area contributed by atoms with Crippen LogP contribution in [-0.2, 0) is 19.6 Å². The summed E-state index contributed by atoms with van der Waals surface area (Å²) in [5.41, 5.74) is 2.80. The van der Waals surface area contributed by atoms with Crippen molar-refractivity contribution in [2.75, 3.05) is 31.2 Å². The molecule has 2 amide bonds. The van der Waals surface area contributed by atoms with Gasteiger partial charge in [0.05, 0.1) is 10.6 Å². The molecular weight excluding hydrogens is 447 g/mol. The number of piperazine rings is 1. The second kappa shape index (κ2) is 9.03. The van der Waals surface area contributed by atoms with Gasteiger partial charge in [-0.15, -0.1) is 0 Å². The molecule has 4 rings (SSSR count). The van der Waals surface area contributed by atoms with Crippen LogP contribution in [0.15, 0.2) is 52.5 Å². The SMILES string of the molecule is Cc1ccc(C)c(N2N=C(C(=O)N3CCN(S(=O)(=O)c4ccc(F)cc4)CC3)CCC2=O)c1. The molecule has 2 aliphatic heterocycles. The minimum absolute atomic E-state index is 0.0167. The number of carbonyl (C=O) groups excluding carboxylic acids is 2. The number of benzene rings is 2. The van der Waals surface area contributed by atoms with E-state index < -0.39 is 15.8 Å². The van der Waals surface area contributed by atoms with Crippen molar-refractivity contribution in [2.24, 2.45) is 5.10 Å². The average molecular weight is 473 g/mol. The molecule has 0 unspecified atom stereocenters. The van der Waals surface area contributed by atoms with Crippen LogP contribution in [-0.4, -0.2) is 61.3 Å².